The lowest BCUT2D eigenvalue weighted by Crippen LogP contribution is -2.47. The molecule has 61 heavy (non-hydrogen) atoms. The van der Waals surface area contributed by atoms with Gasteiger partial charge >= 0.3 is 0 Å². The largest absolute Gasteiger partial charge is 0.489 e. The molecule has 0 radical (unpaired) electrons. The lowest BCUT2D eigenvalue weighted by molar-refractivity contribution is -0.384. The van der Waals surface area contributed by atoms with Gasteiger partial charge in [-0.1, -0.05) is 43.2 Å². The Kier molecular flexibility index (Phi) is 13.2. The second-order valence-electron chi connectivity index (χ2n) is 18.1. The number of sulfonamides is 1. The van der Waals surface area contributed by atoms with Crippen molar-refractivity contribution in [1.82, 2.24) is 20.5 Å². The number of nitrogens with one attached hydrogen (secondary N) is 4. The van der Waals surface area contributed by atoms with Crippen LogP contribution in [0.1, 0.15) is 81.1 Å². The Bertz CT molecular complexity index is 2220. The van der Waals surface area contributed by atoms with Gasteiger partial charge in [-0.25, -0.2) is 13.1 Å². The molecule has 1 amide bonds. The molecule has 3 aliphatic heterocycles. The molecule has 3 heterocycles. The van der Waals surface area contributed by atoms with Crippen molar-refractivity contribution in [2.45, 2.75) is 82.3 Å². The third-order valence-corrected chi connectivity index (χ3v) is 14.8. The van der Waals surface area contributed by atoms with E-state index in [1.165, 1.54) is 28.8 Å². The maximum atomic E-state index is 14.0. The zero-order valence-electron chi connectivity index (χ0n) is 35.1. The highest BCUT2D eigenvalue weighted by Gasteiger charge is 2.39. The van der Waals surface area contributed by atoms with Crippen LogP contribution in [0.15, 0.2) is 71.1 Å². The molecule has 0 bridgehead atoms. The van der Waals surface area contributed by atoms with Gasteiger partial charge in [-0.15, -0.1) is 0 Å². The number of anilines is 2. The number of allylic oxidation sites excluding steroid dienone is 1. The number of carbonyl (C=O) groups excluding carboxylic acids is 1. The standard InChI is InChI=1S/C45H58ClN7O7S/c1-45(2)17-14-32(37(26-45)31-6-8-33(46)9-7-31)29-51-18-20-52(21-19-51)34-10-12-36(43(24-34)60-42-5-3-4-39-38(42)28-48-49-39)44(54)50-61(57,58)35-11-13-40(41(25-35)53(55)56)47-27-30-15-22-59-23-16-30/h6-13,24-25,30,38-39,42,47-49H,3-5,14-23,26-29H2,1-2H3,(H,50,54). The second-order valence-corrected chi connectivity index (χ2v) is 20.2. The summed E-state index contributed by atoms with van der Waals surface area (Å²) < 4.78 is 41.8. The number of hydrazine groups is 1. The molecule has 2 aliphatic carbocycles. The molecule has 0 spiro atoms. The highest BCUT2D eigenvalue weighted by atomic mass is 35.5. The number of rotatable bonds is 13. The third kappa shape index (κ3) is 10.3. The highest BCUT2D eigenvalue weighted by Crippen LogP contribution is 2.43. The van der Waals surface area contributed by atoms with Gasteiger partial charge in [0.1, 0.15) is 17.5 Å². The van der Waals surface area contributed by atoms with E-state index in [1.807, 2.05) is 24.3 Å². The lowest BCUT2D eigenvalue weighted by atomic mass is 9.72. The average Bonchev–Trinajstić information content (AvgIpc) is 3.74. The Morgan fingerprint density at radius 1 is 1.02 bits per heavy atom. The van der Waals surface area contributed by atoms with Crippen LogP contribution in [0.5, 0.6) is 5.75 Å². The number of benzene rings is 3. The summed E-state index contributed by atoms with van der Waals surface area (Å²) in [5.41, 5.74) is 11.8. The molecule has 4 fully saturated rings. The van der Waals surface area contributed by atoms with Gasteiger partial charge in [-0.3, -0.25) is 30.7 Å². The Morgan fingerprint density at radius 3 is 2.54 bits per heavy atom. The van der Waals surface area contributed by atoms with E-state index >= 15 is 0 Å². The molecule has 3 unspecified atom stereocenters. The topological polar surface area (TPSA) is 167 Å². The van der Waals surface area contributed by atoms with Crippen molar-refractivity contribution in [3.63, 3.8) is 0 Å². The first kappa shape index (κ1) is 43.4. The molecule has 3 saturated heterocycles. The van der Waals surface area contributed by atoms with Crippen LogP contribution in [-0.4, -0.2) is 95.3 Å². The van der Waals surface area contributed by atoms with E-state index in [0.717, 1.165) is 107 Å². The van der Waals surface area contributed by atoms with Crippen LogP contribution in [0.2, 0.25) is 5.02 Å². The molecule has 328 valence electrons. The molecule has 0 aromatic heterocycles. The minimum absolute atomic E-state index is 0.0816. The summed E-state index contributed by atoms with van der Waals surface area (Å²) in [4.78, 5) is 29.9. The van der Waals surface area contributed by atoms with Crippen LogP contribution in [0.4, 0.5) is 17.1 Å². The van der Waals surface area contributed by atoms with Crippen molar-refractivity contribution in [3.05, 3.63) is 92.5 Å². The molecule has 14 nitrogen and oxygen atoms in total. The summed E-state index contributed by atoms with van der Waals surface area (Å²) in [5.74, 6) is -0.0918. The summed E-state index contributed by atoms with van der Waals surface area (Å²) in [7, 11) is -4.51. The van der Waals surface area contributed by atoms with E-state index in [1.54, 1.807) is 6.07 Å². The Hall–Kier alpha value is -4.25. The first-order chi connectivity index (χ1) is 29.3. The number of halogens is 1. The van der Waals surface area contributed by atoms with E-state index in [2.05, 4.69) is 56.7 Å². The van der Waals surface area contributed by atoms with Crippen molar-refractivity contribution in [1.29, 1.82) is 0 Å². The normalized spacial score (nSPS) is 23.7. The second kappa shape index (κ2) is 18.6. The number of amides is 1. The summed E-state index contributed by atoms with van der Waals surface area (Å²) >= 11 is 6.25. The number of piperazine rings is 1. The quantitative estimate of drug-likeness (QED) is 0.103. The van der Waals surface area contributed by atoms with E-state index in [9.17, 15) is 23.3 Å². The lowest BCUT2D eigenvalue weighted by Gasteiger charge is -2.39. The predicted octanol–water partition coefficient (Wildman–Crippen LogP) is 7.02. The molecule has 5 aliphatic rings. The van der Waals surface area contributed by atoms with Gasteiger partial charge in [0.15, 0.2) is 0 Å². The average molecular weight is 877 g/mol. The number of nitrogens with zero attached hydrogens (tertiary/aromatic N) is 3. The first-order valence-corrected chi connectivity index (χ1v) is 23.6. The zero-order chi connectivity index (χ0) is 42.7. The summed E-state index contributed by atoms with van der Waals surface area (Å²) in [5, 5.41) is 16.0. The van der Waals surface area contributed by atoms with Gasteiger partial charge in [0.2, 0.25) is 0 Å². The highest BCUT2D eigenvalue weighted by molar-refractivity contribution is 7.90. The fraction of sp³-hybridized carbons (Fsp3) is 0.533. The first-order valence-electron chi connectivity index (χ1n) is 21.7. The fourth-order valence-electron chi connectivity index (χ4n) is 9.61. The van der Waals surface area contributed by atoms with Crippen LogP contribution in [0, 0.1) is 27.4 Å². The molecule has 8 rings (SSSR count). The van der Waals surface area contributed by atoms with E-state index in [-0.39, 0.29) is 51.2 Å². The van der Waals surface area contributed by atoms with E-state index < -0.39 is 20.9 Å². The minimum atomic E-state index is -4.51. The van der Waals surface area contributed by atoms with Crippen molar-refractivity contribution >= 4 is 50.2 Å². The number of nitro groups is 1. The fourth-order valence-corrected chi connectivity index (χ4v) is 10.7. The maximum Gasteiger partial charge on any atom is 0.293 e. The van der Waals surface area contributed by atoms with Gasteiger partial charge in [0.25, 0.3) is 21.6 Å². The monoisotopic (exact) mass is 875 g/mol. The smallest absolute Gasteiger partial charge is 0.293 e. The van der Waals surface area contributed by atoms with Gasteiger partial charge in [-0.2, -0.15) is 0 Å². The maximum absolute atomic E-state index is 14.0. The van der Waals surface area contributed by atoms with Crippen LogP contribution in [-0.2, 0) is 14.8 Å². The van der Waals surface area contributed by atoms with E-state index in [4.69, 9.17) is 21.1 Å². The number of fused-ring (bicyclic) bond motifs is 1. The van der Waals surface area contributed by atoms with Crippen molar-refractivity contribution in [2.75, 3.05) is 69.2 Å². The number of nitro benzene ring substituents is 1. The SMILES string of the molecule is CC1(C)CCC(CN2CCN(c3ccc(C(=O)NS(=O)(=O)c4ccc(NCC5CCOCC5)c([N+](=O)[O-])c4)c(OC4CCCC5NNCC54)c3)CC2)=C(c2ccc(Cl)cc2)C1. The molecule has 4 N–H and O–H groups in total. The Balaban J connectivity index is 0.991. The third-order valence-electron chi connectivity index (χ3n) is 13.3. The Labute approximate surface area is 363 Å². The van der Waals surface area contributed by atoms with Crippen LogP contribution < -0.4 is 30.5 Å². The summed E-state index contributed by atoms with van der Waals surface area (Å²) in [6.07, 6.45) is 7.49. The zero-order valence-corrected chi connectivity index (χ0v) is 36.7. The number of ether oxygens (including phenoxy) is 2. The van der Waals surface area contributed by atoms with Gasteiger partial charge in [0, 0.05) is 93.8 Å². The van der Waals surface area contributed by atoms with Crippen molar-refractivity contribution in [2.24, 2.45) is 17.3 Å². The number of carbonyl (C=O) groups is 1. The summed E-state index contributed by atoms with van der Waals surface area (Å²) in [6, 6.07) is 17.5. The van der Waals surface area contributed by atoms with Gasteiger partial charge in [0.05, 0.1) is 15.4 Å². The molecular formula is C45H58ClN7O7S. The van der Waals surface area contributed by atoms with Gasteiger partial charge < -0.3 is 19.7 Å². The summed E-state index contributed by atoms with van der Waals surface area (Å²) in [6.45, 7) is 11.4. The van der Waals surface area contributed by atoms with Crippen LogP contribution >= 0.6 is 11.6 Å². The molecule has 3 aromatic rings. The molecule has 16 heteroatoms. The molecular weight excluding hydrogens is 818 g/mol. The van der Waals surface area contributed by atoms with Crippen LogP contribution in [0.3, 0.4) is 0 Å². The van der Waals surface area contributed by atoms with Crippen molar-refractivity contribution in [3.8, 4) is 5.75 Å². The Morgan fingerprint density at radius 2 is 1.79 bits per heavy atom. The number of hydrogen-bond donors (Lipinski definition) is 4. The molecule has 3 aromatic carbocycles. The number of hydrogen-bond acceptors (Lipinski definition) is 12. The van der Waals surface area contributed by atoms with Crippen LogP contribution in [0.25, 0.3) is 5.57 Å². The minimum Gasteiger partial charge on any atom is -0.489 e. The predicted molar refractivity (Wildman–Crippen MR) is 238 cm³/mol. The van der Waals surface area contributed by atoms with Crippen molar-refractivity contribution < 1.29 is 27.6 Å². The van der Waals surface area contributed by atoms with Gasteiger partial charge in [-0.05, 0) is 110 Å². The van der Waals surface area contributed by atoms with E-state index in [0.29, 0.717) is 25.5 Å². The molecule has 3 atom stereocenters. The molecule has 1 saturated carbocycles.